The topological polar surface area (TPSA) is 51.3 Å². The fourth-order valence-corrected chi connectivity index (χ4v) is 1.70. The van der Waals surface area contributed by atoms with E-state index in [9.17, 15) is 4.79 Å². The number of likely N-dealkylation sites (N-methyl/N-ethyl adjacent to an activating group) is 1. The maximum absolute atomic E-state index is 11.9. The third-order valence-corrected chi connectivity index (χ3v) is 3.05. The molecule has 0 aliphatic rings. The fourth-order valence-electron chi connectivity index (χ4n) is 1.70. The number of rotatable bonds is 4. The summed E-state index contributed by atoms with van der Waals surface area (Å²) in [6, 6.07) is 3.59. The van der Waals surface area contributed by atoms with Gasteiger partial charge in [0.1, 0.15) is 5.76 Å². The van der Waals surface area contributed by atoms with Gasteiger partial charge in [-0.2, -0.15) is 5.10 Å². The Morgan fingerprint density at radius 3 is 2.95 bits per heavy atom. The average Bonchev–Trinajstić information content (AvgIpc) is 3.01. The van der Waals surface area contributed by atoms with Crippen LogP contribution in [0.4, 0.5) is 0 Å². The van der Waals surface area contributed by atoms with E-state index in [1.54, 1.807) is 47.3 Å². The van der Waals surface area contributed by atoms with E-state index in [1.807, 2.05) is 14.0 Å². The van der Waals surface area contributed by atoms with Gasteiger partial charge in [-0.1, -0.05) is 0 Å². The molecule has 0 bridgehead atoms. The first-order valence-electron chi connectivity index (χ1n) is 6.02. The molecule has 0 spiro atoms. The van der Waals surface area contributed by atoms with Crippen LogP contribution in [0.25, 0.3) is 6.08 Å². The van der Waals surface area contributed by atoms with Gasteiger partial charge in [-0.05, 0) is 25.1 Å². The van der Waals surface area contributed by atoms with Crippen LogP contribution in [0, 0.1) is 6.92 Å². The molecule has 0 atom stereocenters. The zero-order valence-electron chi connectivity index (χ0n) is 11.3. The lowest BCUT2D eigenvalue weighted by atomic mass is 10.2. The summed E-state index contributed by atoms with van der Waals surface area (Å²) in [6.45, 7) is 2.53. The highest BCUT2D eigenvalue weighted by molar-refractivity contribution is 5.91. The van der Waals surface area contributed by atoms with Crippen molar-refractivity contribution in [2.24, 2.45) is 7.05 Å². The van der Waals surface area contributed by atoms with E-state index in [0.29, 0.717) is 12.3 Å². The molecule has 0 aliphatic heterocycles. The monoisotopic (exact) mass is 259 g/mol. The number of aryl methyl sites for hydroxylation is 1. The third kappa shape index (κ3) is 3.13. The summed E-state index contributed by atoms with van der Waals surface area (Å²) in [7, 11) is 3.65. The van der Waals surface area contributed by atoms with Gasteiger partial charge < -0.3 is 9.32 Å². The number of amides is 1. The summed E-state index contributed by atoms with van der Waals surface area (Å²) >= 11 is 0. The van der Waals surface area contributed by atoms with Gasteiger partial charge >= 0.3 is 0 Å². The molecule has 2 aromatic heterocycles. The molecule has 0 aliphatic carbocycles. The summed E-state index contributed by atoms with van der Waals surface area (Å²) in [4.78, 5) is 13.6. The molecule has 0 saturated heterocycles. The number of hydrogen-bond donors (Lipinski definition) is 0. The molecule has 0 fully saturated rings. The Morgan fingerprint density at radius 2 is 2.37 bits per heavy atom. The van der Waals surface area contributed by atoms with Gasteiger partial charge in [0, 0.05) is 38.0 Å². The third-order valence-electron chi connectivity index (χ3n) is 3.05. The van der Waals surface area contributed by atoms with Crippen molar-refractivity contribution in [1.29, 1.82) is 0 Å². The van der Waals surface area contributed by atoms with Crippen molar-refractivity contribution >= 4 is 12.0 Å². The second-order valence-electron chi connectivity index (χ2n) is 4.42. The standard InChI is InChI=1S/C14H17N3O2/c1-11-12(9-15-17(11)3)10-16(2)14(18)7-6-13-5-4-8-19-13/h4-9H,10H2,1-3H3/b7-6+. The Balaban J connectivity index is 1.98. The minimum atomic E-state index is -0.0698. The highest BCUT2D eigenvalue weighted by Gasteiger charge is 2.10. The SMILES string of the molecule is Cc1c(CN(C)C(=O)/C=C/c2ccco2)cnn1C. The summed E-state index contributed by atoms with van der Waals surface area (Å²) in [6.07, 6.45) is 6.53. The number of hydrogen-bond acceptors (Lipinski definition) is 3. The lowest BCUT2D eigenvalue weighted by Crippen LogP contribution is -2.24. The lowest BCUT2D eigenvalue weighted by molar-refractivity contribution is -0.125. The predicted octanol–water partition coefficient (Wildman–Crippen LogP) is 1.99. The summed E-state index contributed by atoms with van der Waals surface area (Å²) in [5.41, 5.74) is 2.11. The predicted molar refractivity (Wildman–Crippen MR) is 72.2 cm³/mol. The molecule has 1 amide bonds. The number of aromatic nitrogens is 2. The number of carbonyl (C=O) groups excluding carboxylic acids is 1. The molecule has 0 saturated carbocycles. The van der Waals surface area contributed by atoms with Crippen molar-refractivity contribution < 1.29 is 9.21 Å². The van der Waals surface area contributed by atoms with Crippen LogP contribution in [-0.4, -0.2) is 27.6 Å². The van der Waals surface area contributed by atoms with Gasteiger partial charge in [0.15, 0.2) is 0 Å². The van der Waals surface area contributed by atoms with Crippen molar-refractivity contribution in [3.63, 3.8) is 0 Å². The van der Waals surface area contributed by atoms with Crippen LogP contribution in [-0.2, 0) is 18.4 Å². The summed E-state index contributed by atoms with van der Waals surface area (Å²) in [5, 5.41) is 4.16. The molecule has 0 unspecified atom stereocenters. The van der Waals surface area contributed by atoms with Gasteiger partial charge in [-0.15, -0.1) is 0 Å². The first-order chi connectivity index (χ1) is 9.08. The van der Waals surface area contributed by atoms with Crippen LogP contribution in [0.1, 0.15) is 17.0 Å². The Hall–Kier alpha value is -2.30. The zero-order valence-corrected chi connectivity index (χ0v) is 11.3. The highest BCUT2D eigenvalue weighted by Crippen LogP contribution is 2.09. The molecule has 19 heavy (non-hydrogen) atoms. The number of carbonyl (C=O) groups is 1. The number of nitrogens with zero attached hydrogens (tertiary/aromatic N) is 3. The van der Waals surface area contributed by atoms with Crippen molar-refractivity contribution in [3.8, 4) is 0 Å². The van der Waals surface area contributed by atoms with E-state index in [4.69, 9.17) is 4.42 Å². The van der Waals surface area contributed by atoms with Gasteiger partial charge in [0.05, 0.1) is 12.5 Å². The van der Waals surface area contributed by atoms with E-state index in [2.05, 4.69) is 5.10 Å². The largest absolute Gasteiger partial charge is 0.465 e. The molecule has 5 nitrogen and oxygen atoms in total. The van der Waals surface area contributed by atoms with E-state index >= 15 is 0 Å². The molecule has 2 heterocycles. The quantitative estimate of drug-likeness (QED) is 0.789. The maximum Gasteiger partial charge on any atom is 0.246 e. The Morgan fingerprint density at radius 1 is 1.58 bits per heavy atom. The second-order valence-corrected chi connectivity index (χ2v) is 4.42. The molecule has 5 heteroatoms. The second kappa shape index (κ2) is 5.56. The summed E-state index contributed by atoms with van der Waals surface area (Å²) in [5.74, 6) is 0.596. The van der Waals surface area contributed by atoms with Gasteiger partial charge in [0.25, 0.3) is 0 Å². The van der Waals surface area contributed by atoms with E-state index < -0.39 is 0 Å². The summed E-state index contributed by atoms with van der Waals surface area (Å²) < 4.78 is 6.93. The van der Waals surface area contributed by atoms with Crippen molar-refractivity contribution in [2.75, 3.05) is 7.05 Å². The van der Waals surface area contributed by atoms with Crippen LogP contribution in [0.3, 0.4) is 0 Å². The first-order valence-corrected chi connectivity index (χ1v) is 6.02. The highest BCUT2D eigenvalue weighted by atomic mass is 16.3. The minimum absolute atomic E-state index is 0.0698. The van der Waals surface area contributed by atoms with E-state index in [-0.39, 0.29) is 5.91 Å². The zero-order chi connectivity index (χ0) is 13.8. The molecule has 0 N–H and O–H groups in total. The normalized spacial score (nSPS) is 11.1. The maximum atomic E-state index is 11.9. The van der Waals surface area contributed by atoms with Crippen molar-refractivity contribution in [1.82, 2.24) is 14.7 Å². The lowest BCUT2D eigenvalue weighted by Gasteiger charge is -2.14. The molecule has 0 radical (unpaired) electrons. The molecule has 2 aromatic rings. The minimum Gasteiger partial charge on any atom is -0.465 e. The van der Waals surface area contributed by atoms with E-state index in [1.165, 1.54) is 6.08 Å². The van der Waals surface area contributed by atoms with Crippen LogP contribution in [0.15, 0.2) is 35.1 Å². The van der Waals surface area contributed by atoms with Gasteiger partial charge in [-0.25, -0.2) is 0 Å². The molecule has 100 valence electrons. The van der Waals surface area contributed by atoms with Crippen LogP contribution < -0.4 is 0 Å². The van der Waals surface area contributed by atoms with Crippen LogP contribution in [0.2, 0.25) is 0 Å². The van der Waals surface area contributed by atoms with E-state index in [0.717, 1.165) is 11.3 Å². The smallest absolute Gasteiger partial charge is 0.246 e. The van der Waals surface area contributed by atoms with Crippen molar-refractivity contribution in [3.05, 3.63) is 47.7 Å². The molecular weight excluding hydrogens is 242 g/mol. The molecule has 0 aromatic carbocycles. The van der Waals surface area contributed by atoms with Crippen LogP contribution in [0.5, 0.6) is 0 Å². The van der Waals surface area contributed by atoms with Crippen LogP contribution >= 0.6 is 0 Å². The van der Waals surface area contributed by atoms with Gasteiger partial charge in [0.2, 0.25) is 5.91 Å². The Bertz CT molecular complexity index is 582. The fraction of sp³-hybridized carbons (Fsp3) is 0.286. The van der Waals surface area contributed by atoms with Crippen molar-refractivity contribution in [2.45, 2.75) is 13.5 Å². The first kappa shape index (κ1) is 13.1. The average molecular weight is 259 g/mol. The van der Waals surface area contributed by atoms with Gasteiger partial charge in [-0.3, -0.25) is 9.48 Å². The Labute approximate surface area is 112 Å². The molecular formula is C14H17N3O2. The molecule has 2 rings (SSSR count). The number of furan rings is 1. The Kier molecular flexibility index (Phi) is 3.85.